The number of furan rings is 1. The van der Waals surface area contributed by atoms with Gasteiger partial charge in [0.15, 0.2) is 0 Å². The number of rotatable bonds is 4. The third-order valence-corrected chi connectivity index (χ3v) is 3.41. The minimum absolute atomic E-state index is 0.279. The molecule has 1 N–H and O–H groups in total. The fourth-order valence-corrected chi connectivity index (χ4v) is 2.16. The van der Waals surface area contributed by atoms with Crippen LogP contribution in [0.2, 0.25) is 0 Å². The molecule has 0 radical (unpaired) electrons. The molecule has 2 heterocycles. The minimum atomic E-state index is 0.279. The molecular weight excluding hydrogens is 202 g/mol. The predicted molar refractivity (Wildman–Crippen MR) is 63.4 cm³/mol. The Morgan fingerprint density at radius 1 is 1.50 bits per heavy atom. The van der Waals surface area contributed by atoms with Crippen molar-refractivity contribution in [1.29, 1.82) is 0 Å². The molecule has 1 fully saturated rings. The lowest BCUT2D eigenvalue weighted by atomic mass is 10.0. The average Bonchev–Trinajstić information content (AvgIpc) is 2.84. The Kier molecular flexibility index (Phi) is 3.66. The second-order valence-corrected chi connectivity index (χ2v) is 4.70. The average molecular weight is 223 g/mol. The van der Waals surface area contributed by atoms with Gasteiger partial charge in [0.25, 0.3) is 0 Å². The normalized spacial score (nSPS) is 27.2. The fourth-order valence-electron chi connectivity index (χ4n) is 2.16. The van der Waals surface area contributed by atoms with Gasteiger partial charge in [-0.1, -0.05) is 0 Å². The lowest BCUT2D eigenvalue weighted by molar-refractivity contribution is 0.105. The van der Waals surface area contributed by atoms with Crippen molar-refractivity contribution < 1.29 is 9.15 Å². The summed E-state index contributed by atoms with van der Waals surface area (Å²) in [6, 6.07) is 4.33. The number of ether oxygens (including phenoxy) is 1. The van der Waals surface area contributed by atoms with Crippen LogP contribution in [0.4, 0.5) is 0 Å². The van der Waals surface area contributed by atoms with Crippen LogP contribution in [0.15, 0.2) is 16.5 Å². The van der Waals surface area contributed by atoms with Crippen molar-refractivity contribution in [2.75, 3.05) is 13.2 Å². The van der Waals surface area contributed by atoms with E-state index in [0.29, 0.717) is 12.0 Å². The van der Waals surface area contributed by atoms with E-state index in [1.807, 2.05) is 19.1 Å². The molecule has 0 aliphatic carbocycles. The van der Waals surface area contributed by atoms with Gasteiger partial charge in [0.05, 0.1) is 12.1 Å². The Labute approximate surface area is 97.2 Å². The summed E-state index contributed by atoms with van der Waals surface area (Å²) in [5.74, 6) is 2.63. The van der Waals surface area contributed by atoms with Gasteiger partial charge >= 0.3 is 0 Å². The molecular formula is C13H21NO2. The minimum Gasteiger partial charge on any atom is -0.465 e. The topological polar surface area (TPSA) is 34.4 Å². The van der Waals surface area contributed by atoms with E-state index >= 15 is 0 Å². The molecule has 3 heteroatoms. The van der Waals surface area contributed by atoms with E-state index in [4.69, 9.17) is 9.15 Å². The van der Waals surface area contributed by atoms with E-state index in [0.717, 1.165) is 31.1 Å². The van der Waals surface area contributed by atoms with Crippen LogP contribution in [0.5, 0.6) is 0 Å². The van der Waals surface area contributed by atoms with Crippen LogP contribution in [0.25, 0.3) is 0 Å². The molecule has 3 unspecified atom stereocenters. The SMILES string of the molecule is Cc1ccc(C(C)NCC2CCOC2C)o1. The highest BCUT2D eigenvalue weighted by molar-refractivity contribution is 5.08. The Bertz CT molecular complexity index is 334. The Hall–Kier alpha value is -0.800. The van der Waals surface area contributed by atoms with Crippen molar-refractivity contribution in [2.45, 2.75) is 39.3 Å². The van der Waals surface area contributed by atoms with Crippen LogP contribution in [-0.2, 0) is 4.74 Å². The highest BCUT2D eigenvalue weighted by atomic mass is 16.5. The third-order valence-electron chi connectivity index (χ3n) is 3.41. The molecule has 1 aliphatic rings. The Balaban J connectivity index is 1.81. The van der Waals surface area contributed by atoms with Crippen molar-refractivity contribution >= 4 is 0 Å². The third kappa shape index (κ3) is 2.66. The molecule has 0 saturated carbocycles. The summed E-state index contributed by atoms with van der Waals surface area (Å²) in [5, 5.41) is 3.51. The first-order valence-electron chi connectivity index (χ1n) is 6.08. The molecule has 0 spiro atoms. The van der Waals surface area contributed by atoms with Crippen LogP contribution in [0, 0.1) is 12.8 Å². The summed E-state index contributed by atoms with van der Waals surface area (Å²) in [6.45, 7) is 8.17. The van der Waals surface area contributed by atoms with Crippen molar-refractivity contribution in [3.8, 4) is 0 Å². The van der Waals surface area contributed by atoms with Crippen molar-refractivity contribution in [1.82, 2.24) is 5.32 Å². The Morgan fingerprint density at radius 3 is 2.88 bits per heavy atom. The monoisotopic (exact) mass is 223 g/mol. The summed E-state index contributed by atoms with van der Waals surface area (Å²) in [4.78, 5) is 0. The largest absolute Gasteiger partial charge is 0.465 e. The van der Waals surface area contributed by atoms with Gasteiger partial charge in [0, 0.05) is 13.2 Å². The number of hydrogen-bond acceptors (Lipinski definition) is 3. The smallest absolute Gasteiger partial charge is 0.120 e. The van der Waals surface area contributed by atoms with Crippen LogP contribution in [0.3, 0.4) is 0 Å². The Morgan fingerprint density at radius 2 is 2.31 bits per heavy atom. The van der Waals surface area contributed by atoms with Gasteiger partial charge in [-0.3, -0.25) is 0 Å². The number of aryl methyl sites for hydroxylation is 1. The first-order chi connectivity index (χ1) is 7.66. The fraction of sp³-hybridized carbons (Fsp3) is 0.692. The maximum absolute atomic E-state index is 5.59. The van der Waals surface area contributed by atoms with Gasteiger partial charge in [-0.15, -0.1) is 0 Å². The van der Waals surface area contributed by atoms with E-state index in [-0.39, 0.29) is 6.04 Å². The second-order valence-electron chi connectivity index (χ2n) is 4.70. The van der Waals surface area contributed by atoms with Crippen LogP contribution in [-0.4, -0.2) is 19.3 Å². The van der Waals surface area contributed by atoms with Crippen LogP contribution in [0.1, 0.15) is 37.8 Å². The molecule has 3 nitrogen and oxygen atoms in total. The van der Waals surface area contributed by atoms with Crippen molar-refractivity contribution in [2.24, 2.45) is 5.92 Å². The summed E-state index contributed by atoms with van der Waals surface area (Å²) in [5.41, 5.74) is 0. The molecule has 16 heavy (non-hydrogen) atoms. The molecule has 3 atom stereocenters. The molecule has 0 amide bonds. The first-order valence-corrected chi connectivity index (χ1v) is 6.08. The molecule has 0 aromatic carbocycles. The molecule has 1 saturated heterocycles. The standard InChI is InChI=1S/C13H21NO2/c1-9-4-5-13(16-9)10(2)14-8-12-6-7-15-11(12)3/h4-5,10-12,14H,6-8H2,1-3H3. The van der Waals surface area contributed by atoms with E-state index < -0.39 is 0 Å². The summed E-state index contributed by atoms with van der Waals surface area (Å²) in [7, 11) is 0. The predicted octanol–water partition coefficient (Wildman–Crippen LogP) is 2.66. The van der Waals surface area contributed by atoms with E-state index in [2.05, 4.69) is 19.2 Å². The molecule has 0 bridgehead atoms. The highest BCUT2D eigenvalue weighted by Gasteiger charge is 2.24. The highest BCUT2D eigenvalue weighted by Crippen LogP contribution is 2.21. The van der Waals surface area contributed by atoms with Gasteiger partial charge in [-0.2, -0.15) is 0 Å². The molecule has 2 rings (SSSR count). The van der Waals surface area contributed by atoms with Crippen molar-refractivity contribution in [3.63, 3.8) is 0 Å². The first kappa shape index (κ1) is 11.7. The second kappa shape index (κ2) is 5.02. The van der Waals surface area contributed by atoms with Gasteiger partial charge in [-0.05, 0) is 45.2 Å². The van der Waals surface area contributed by atoms with E-state index in [1.54, 1.807) is 0 Å². The molecule has 1 aromatic rings. The summed E-state index contributed by atoms with van der Waals surface area (Å²) < 4.78 is 11.1. The van der Waals surface area contributed by atoms with Gasteiger partial charge < -0.3 is 14.5 Å². The molecule has 1 aromatic heterocycles. The summed E-state index contributed by atoms with van der Waals surface area (Å²) in [6.07, 6.45) is 1.55. The molecule has 1 aliphatic heterocycles. The van der Waals surface area contributed by atoms with Crippen LogP contribution < -0.4 is 5.32 Å². The molecule has 90 valence electrons. The maximum atomic E-state index is 5.59. The lowest BCUT2D eigenvalue weighted by Crippen LogP contribution is -2.28. The van der Waals surface area contributed by atoms with Gasteiger partial charge in [-0.25, -0.2) is 0 Å². The zero-order chi connectivity index (χ0) is 11.5. The van der Waals surface area contributed by atoms with Crippen LogP contribution >= 0.6 is 0 Å². The number of hydrogen-bond donors (Lipinski definition) is 1. The maximum Gasteiger partial charge on any atom is 0.120 e. The van der Waals surface area contributed by atoms with Crippen molar-refractivity contribution in [3.05, 3.63) is 23.7 Å². The van der Waals surface area contributed by atoms with E-state index in [9.17, 15) is 0 Å². The summed E-state index contributed by atoms with van der Waals surface area (Å²) >= 11 is 0. The quantitative estimate of drug-likeness (QED) is 0.852. The zero-order valence-corrected chi connectivity index (χ0v) is 10.3. The zero-order valence-electron chi connectivity index (χ0n) is 10.3. The van der Waals surface area contributed by atoms with Gasteiger partial charge in [0.1, 0.15) is 11.5 Å². The van der Waals surface area contributed by atoms with E-state index in [1.165, 1.54) is 0 Å². The number of nitrogens with one attached hydrogen (secondary N) is 1. The lowest BCUT2D eigenvalue weighted by Gasteiger charge is -2.17. The van der Waals surface area contributed by atoms with Gasteiger partial charge in [0.2, 0.25) is 0 Å².